The molecule has 12 heteroatoms. The van der Waals surface area contributed by atoms with E-state index < -0.39 is 15.4 Å². The van der Waals surface area contributed by atoms with Gasteiger partial charge < -0.3 is 4.74 Å². The van der Waals surface area contributed by atoms with E-state index in [1.807, 2.05) is 25.3 Å². The van der Waals surface area contributed by atoms with E-state index in [2.05, 4.69) is 25.8 Å². The molecule has 0 unspecified atom stereocenters. The third-order valence-corrected chi connectivity index (χ3v) is 10.9. The van der Waals surface area contributed by atoms with Gasteiger partial charge in [0.25, 0.3) is 15.2 Å². The zero-order valence-corrected chi connectivity index (χ0v) is 24.3. The molecule has 41 heavy (non-hydrogen) atoms. The van der Waals surface area contributed by atoms with Gasteiger partial charge in [0.1, 0.15) is 12.0 Å². The van der Waals surface area contributed by atoms with Crippen LogP contribution in [0, 0.1) is 12.3 Å². The number of aryl methyl sites for hydroxylation is 2. The predicted molar refractivity (Wildman–Crippen MR) is 149 cm³/mol. The van der Waals surface area contributed by atoms with Crippen molar-refractivity contribution in [3.8, 4) is 0 Å². The quantitative estimate of drug-likeness (QED) is 0.392. The summed E-state index contributed by atoms with van der Waals surface area (Å²) in [7, 11) is -2.27. The smallest absolute Gasteiger partial charge is 0.282 e. The van der Waals surface area contributed by atoms with Crippen LogP contribution in [0.1, 0.15) is 78.3 Å². The lowest BCUT2D eigenvalue weighted by atomic mass is 9.60. The third kappa shape index (κ3) is 4.56. The zero-order valence-electron chi connectivity index (χ0n) is 23.4. The largest absolute Gasteiger partial charge is 0.381 e. The van der Waals surface area contributed by atoms with Crippen LogP contribution in [0.25, 0.3) is 6.08 Å². The lowest BCUT2D eigenvalue weighted by molar-refractivity contribution is 0.0658. The molecule has 0 bridgehead atoms. The maximum absolute atomic E-state index is 14.6. The highest BCUT2D eigenvalue weighted by Gasteiger charge is 2.54. The standard InChI is InChI=1S/C29H35N7O4S/c1-19-7-10-30-25(13-19)27(37)29-15-20-17-32-35(22-8-11-40-12-9-22)26(20)14-21(29)3-4-24(16-29)36(23-5-6-23)41(38,39)28-31-18-34(2)33-28/h7,10,13-14,17-18,22-24H,3-6,8-9,11-12,15-16H2,1-2H3/t24-,29-/m0/s1. The Labute approximate surface area is 239 Å². The van der Waals surface area contributed by atoms with Gasteiger partial charge in [0.15, 0.2) is 5.78 Å². The molecule has 2 saturated carbocycles. The van der Waals surface area contributed by atoms with Gasteiger partial charge >= 0.3 is 0 Å². The van der Waals surface area contributed by atoms with Crippen molar-refractivity contribution >= 4 is 21.9 Å². The Balaban J connectivity index is 1.30. The summed E-state index contributed by atoms with van der Waals surface area (Å²) in [6.45, 7) is 3.39. The average Bonchev–Trinajstić information content (AvgIpc) is 3.54. The fourth-order valence-electron chi connectivity index (χ4n) is 7.00. The van der Waals surface area contributed by atoms with Crippen LogP contribution in [0.15, 0.2) is 41.6 Å². The van der Waals surface area contributed by atoms with E-state index in [0.29, 0.717) is 31.4 Å². The number of allylic oxidation sites excluding steroid dienone is 1. The fraction of sp³-hybridized carbons (Fsp3) is 0.552. The van der Waals surface area contributed by atoms with Crippen molar-refractivity contribution in [3.05, 3.63) is 58.9 Å². The van der Waals surface area contributed by atoms with Crippen molar-refractivity contribution in [3.63, 3.8) is 0 Å². The van der Waals surface area contributed by atoms with Crippen molar-refractivity contribution in [1.82, 2.24) is 33.8 Å². The number of rotatable bonds is 7. The van der Waals surface area contributed by atoms with Crippen molar-refractivity contribution in [2.45, 2.75) is 81.6 Å². The Morgan fingerprint density at radius 2 is 1.93 bits per heavy atom. The Morgan fingerprint density at radius 1 is 1.12 bits per heavy atom. The first-order chi connectivity index (χ1) is 19.8. The Morgan fingerprint density at radius 3 is 2.63 bits per heavy atom. The number of nitrogens with zero attached hydrogens (tertiary/aromatic N) is 7. The van der Waals surface area contributed by atoms with E-state index in [1.165, 1.54) is 11.0 Å². The van der Waals surface area contributed by atoms with Gasteiger partial charge in [-0.3, -0.25) is 19.1 Å². The molecule has 0 amide bonds. The van der Waals surface area contributed by atoms with Gasteiger partial charge in [-0.15, -0.1) is 5.10 Å². The summed E-state index contributed by atoms with van der Waals surface area (Å²) in [5, 5.41) is 8.76. The van der Waals surface area contributed by atoms with Crippen LogP contribution < -0.4 is 0 Å². The first kappa shape index (κ1) is 26.7. The molecule has 4 heterocycles. The summed E-state index contributed by atoms with van der Waals surface area (Å²) in [5.41, 5.74) is 3.62. The average molecular weight is 578 g/mol. The molecule has 0 aromatic carbocycles. The van der Waals surface area contributed by atoms with E-state index >= 15 is 0 Å². The number of ether oxygens (including phenoxy) is 1. The SMILES string of the molecule is Cc1ccnc(C(=O)[C@]23Cc4cnn(C5CCOCC5)c4C=C2CC[C@H](N(C2CC2)S(=O)(=O)c2ncn(C)n2)C3)c1. The lowest BCUT2D eigenvalue weighted by Gasteiger charge is -2.46. The predicted octanol–water partition coefficient (Wildman–Crippen LogP) is 3.28. The summed E-state index contributed by atoms with van der Waals surface area (Å²) in [4.78, 5) is 23.1. The highest BCUT2D eigenvalue weighted by atomic mass is 32.2. The number of carbonyl (C=O) groups excluding carboxylic acids is 1. The van der Waals surface area contributed by atoms with E-state index in [9.17, 15) is 13.2 Å². The fourth-order valence-corrected chi connectivity index (χ4v) is 8.78. The number of hydrogen-bond acceptors (Lipinski definition) is 8. The van der Waals surface area contributed by atoms with Crippen LogP contribution in [-0.4, -0.2) is 73.3 Å². The number of Topliss-reactive ketones (excluding diaryl/α,β-unsaturated/α-hetero) is 1. The first-order valence-electron chi connectivity index (χ1n) is 14.5. The normalized spacial score (nSPS) is 25.0. The van der Waals surface area contributed by atoms with Crippen molar-refractivity contribution in [1.29, 1.82) is 0 Å². The third-order valence-electron chi connectivity index (χ3n) is 9.14. The molecule has 0 radical (unpaired) electrons. The van der Waals surface area contributed by atoms with Gasteiger partial charge in [-0.1, -0.05) is 5.57 Å². The molecule has 0 spiro atoms. The van der Waals surface area contributed by atoms with E-state index in [1.54, 1.807) is 17.5 Å². The molecule has 11 nitrogen and oxygen atoms in total. The van der Waals surface area contributed by atoms with E-state index in [0.717, 1.165) is 61.3 Å². The molecular formula is C29H35N7O4S. The molecule has 7 rings (SSSR count). The lowest BCUT2D eigenvalue weighted by Crippen LogP contribution is -2.51. The molecule has 4 aliphatic rings. The molecule has 3 aromatic rings. The van der Waals surface area contributed by atoms with Gasteiger partial charge in [-0.2, -0.15) is 9.40 Å². The minimum Gasteiger partial charge on any atom is -0.381 e. The number of aromatic nitrogens is 6. The van der Waals surface area contributed by atoms with Crippen molar-refractivity contribution in [2.75, 3.05) is 13.2 Å². The summed E-state index contributed by atoms with van der Waals surface area (Å²) in [6, 6.07) is 3.54. The van der Waals surface area contributed by atoms with Gasteiger partial charge in [0.2, 0.25) is 0 Å². The molecule has 3 aromatic heterocycles. The van der Waals surface area contributed by atoms with Gasteiger partial charge in [-0.05, 0) is 87.6 Å². The summed E-state index contributed by atoms with van der Waals surface area (Å²) < 4.78 is 38.5. The number of sulfonamides is 1. The molecule has 3 fully saturated rings. The second kappa shape index (κ2) is 9.95. The second-order valence-corrected chi connectivity index (χ2v) is 13.7. The molecular weight excluding hydrogens is 542 g/mol. The van der Waals surface area contributed by atoms with Crippen LogP contribution in [-0.2, 0) is 28.2 Å². The summed E-state index contributed by atoms with van der Waals surface area (Å²) in [6.07, 6.45) is 12.7. The highest BCUT2D eigenvalue weighted by Crippen LogP contribution is 2.52. The molecule has 0 N–H and O–H groups in total. The number of ketones is 1. The van der Waals surface area contributed by atoms with Crippen molar-refractivity contribution in [2.24, 2.45) is 12.5 Å². The van der Waals surface area contributed by atoms with Crippen LogP contribution in [0.5, 0.6) is 0 Å². The number of carbonyl (C=O) groups is 1. The van der Waals surface area contributed by atoms with Crippen LogP contribution in [0.4, 0.5) is 0 Å². The summed E-state index contributed by atoms with van der Waals surface area (Å²) in [5.74, 6) is -0.0503. The molecule has 2 atom stereocenters. The Kier molecular flexibility index (Phi) is 6.47. The van der Waals surface area contributed by atoms with Gasteiger partial charge in [-0.25, -0.2) is 13.4 Å². The maximum Gasteiger partial charge on any atom is 0.282 e. The van der Waals surface area contributed by atoms with E-state index in [4.69, 9.17) is 9.84 Å². The molecule has 3 aliphatic carbocycles. The zero-order chi connectivity index (χ0) is 28.4. The first-order valence-corrected chi connectivity index (χ1v) is 15.9. The molecule has 216 valence electrons. The highest BCUT2D eigenvalue weighted by molar-refractivity contribution is 7.89. The van der Waals surface area contributed by atoms with Crippen LogP contribution in [0.3, 0.4) is 0 Å². The Bertz CT molecular complexity index is 1630. The van der Waals surface area contributed by atoms with E-state index in [-0.39, 0.29) is 29.1 Å². The monoisotopic (exact) mass is 577 g/mol. The molecule has 1 saturated heterocycles. The number of hydrogen-bond donors (Lipinski definition) is 0. The summed E-state index contributed by atoms with van der Waals surface area (Å²) >= 11 is 0. The number of fused-ring (bicyclic) bond motifs is 2. The second-order valence-electron chi connectivity index (χ2n) is 12.0. The van der Waals surface area contributed by atoms with Gasteiger partial charge in [0.05, 0.1) is 23.3 Å². The van der Waals surface area contributed by atoms with Crippen LogP contribution in [0.2, 0.25) is 0 Å². The van der Waals surface area contributed by atoms with Gasteiger partial charge in [0, 0.05) is 38.5 Å². The maximum atomic E-state index is 14.6. The van der Waals surface area contributed by atoms with Crippen molar-refractivity contribution < 1.29 is 17.9 Å². The number of pyridine rings is 1. The topological polar surface area (TPSA) is 125 Å². The minimum atomic E-state index is -3.93. The van der Waals surface area contributed by atoms with Crippen LogP contribution >= 0.6 is 0 Å². The Hall–Kier alpha value is -3.22. The molecule has 1 aliphatic heterocycles. The minimum absolute atomic E-state index is 0.0503.